The van der Waals surface area contributed by atoms with E-state index < -0.39 is 11.7 Å². The predicted molar refractivity (Wildman–Crippen MR) is 127 cm³/mol. The number of rotatable bonds is 6. The average Bonchev–Trinajstić information content (AvgIpc) is 3.25. The molecule has 3 rings (SSSR count). The highest BCUT2D eigenvalue weighted by Crippen LogP contribution is 2.33. The lowest BCUT2D eigenvalue weighted by molar-refractivity contribution is -0.137. The van der Waals surface area contributed by atoms with Crippen molar-refractivity contribution in [2.45, 2.75) is 25.1 Å². The zero-order valence-corrected chi connectivity index (χ0v) is 19.7. The Morgan fingerprint density at radius 2 is 2.00 bits per heavy atom. The number of thiophene rings is 1. The van der Waals surface area contributed by atoms with Crippen molar-refractivity contribution >= 4 is 52.1 Å². The molecule has 0 aromatic carbocycles. The smallest absolute Gasteiger partial charge is 0.368 e. The number of guanidine groups is 1. The molecule has 0 unspecified atom stereocenters. The van der Waals surface area contributed by atoms with Gasteiger partial charge in [-0.15, -0.1) is 35.3 Å². The molecule has 11 heteroatoms. The molecule has 2 aromatic heterocycles. The van der Waals surface area contributed by atoms with Crippen LogP contribution < -0.4 is 20.9 Å². The van der Waals surface area contributed by atoms with Gasteiger partial charge in [0, 0.05) is 45.5 Å². The van der Waals surface area contributed by atoms with Gasteiger partial charge in [0.05, 0.1) is 10.6 Å². The summed E-state index contributed by atoms with van der Waals surface area (Å²) in [4.78, 5) is 10.4. The van der Waals surface area contributed by atoms with Crippen molar-refractivity contribution < 1.29 is 13.2 Å². The Labute approximate surface area is 195 Å². The summed E-state index contributed by atoms with van der Waals surface area (Å²) in [5.74, 6) is 0.490. The van der Waals surface area contributed by atoms with Crippen molar-refractivity contribution in [1.29, 1.82) is 0 Å². The molecule has 0 bridgehead atoms. The number of halogens is 4. The highest BCUT2D eigenvalue weighted by Gasteiger charge is 2.33. The Morgan fingerprint density at radius 3 is 2.63 bits per heavy atom. The largest absolute Gasteiger partial charge is 0.419 e. The monoisotopic (exact) mass is 554 g/mol. The summed E-state index contributed by atoms with van der Waals surface area (Å²) >= 11 is 1.75. The highest BCUT2D eigenvalue weighted by atomic mass is 127. The number of anilines is 2. The summed E-state index contributed by atoms with van der Waals surface area (Å²) in [6.45, 7) is 2.67. The van der Waals surface area contributed by atoms with Crippen LogP contribution in [0.4, 0.5) is 24.0 Å². The van der Waals surface area contributed by atoms with E-state index in [1.54, 1.807) is 18.4 Å². The Bertz CT molecular complexity index is 792. The molecule has 0 atom stereocenters. The van der Waals surface area contributed by atoms with E-state index in [1.807, 2.05) is 0 Å². The number of hydrogen-bond donors (Lipinski definition) is 3. The molecule has 0 aliphatic carbocycles. The van der Waals surface area contributed by atoms with Crippen molar-refractivity contribution in [3.05, 3.63) is 41.4 Å². The van der Waals surface area contributed by atoms with Crippen LogP contribution in [-0.4, -0.2) is 50.2 Å². The first-order valence-electron chi connectivity index (χ1n) is 9.49. The molecule has 3 N–H and O–H groups in total. The first kappa shape index (κ1) is 24.5. The van der Waals surface area contributed by atoms with Crippen LogP contribution in [0.2, 0.25) is 0 Å². The van der Waals surface area contributed by atoms with E-state index in [2.05, 4.69) is 48.3 Å². The van der Waals surface area contributed by atoms with Gasteiger partial charge in [-0.05, 0) is 42.5 Å². The van der Waals surface area contributed by atoms with Gasteiger partial charge in [-0.25, -0.2) is 4.98 Å². The van der Waals surface area contributed by atoms with E-state index in [0.717, 1.165) is 32.0 Å². The number of alkyl halides is 3. The van der Waals surface area contributed by atoms with Crippen LogP contribution in [-0.2, 0) is 6.18 Å². The number of piperidine rings is 1. The third kappa shape index (κ3) is 6.89. The number of hydrogen-bond acceptors (Lipinski definition) is 5. The quantitative estimate of drug-likeness (QED) is 0.218. The van der Waals surface area contributed by atoms with Crippen LogP contribution >= 0.6 is 35.3 Å². The summed E-state index contributed by atoms with van der Waals surface area (Å²) in [7, 11) is 1.68. The summed E-state index contributed by atoms with van der Waals surface area (Å²) in [6.07, 6.45) is -1.09. The number of pyridine rings is 1. The normalized spacial score (nSPS) is 15.5. The van der Waals surface area contributed by atoms with Gasteiger partial charge in [0.1, 0.15) is 5.82 Å². The predicted octanol–water partition coefficient (Wildman–Crippen LogP) is 4.03. The molecular weight excluding hydrogens is 528 g/mol. The second-order valence-corrected chi connectivity index (χ2v) is 7.61. The molecule has 30 heavy (non-hydrogen) atoms. The summed E-state index contributed by atoms with van der Waals surface area (Å²) in [5.41, 5.74) is -0.764. The SMILES string of the molecule is CN=C(NCCNc1ncccc1C(F)(F)F)NC1CCN(c2cccs2)CC1.I. The Balaban J connectivity index is 0.00000320. The van der Waals surface area contributed by atoms with Gasteiger partial charge in [0.2, 0.25) is 0 Å². The summed E-state index contributed by atoms with van der Waals surface area (Å²) in [6, 6.07) is 6.82. The Morgan fingerprint density at radius 1 is 1.23 bits per heavy atom. The van der Waals surface area contributed by atoms with Crippen LogP contribution in [0, 0.1) is 0 Å². The number of aromatic nitrogens is 1. The topological polar surface area (TPSA) is 64.6 Å². The van der Waals surface area contributed by atoms with E-state index in [1.165, 1.54) is 17.3 Å². The zero-order chi connectivity index (χ0) is 20.7. The van der Waals surface area contributed by atoms with E-state index in [-0.39, 0.29) is 36.3 Å². The minimum atomic E-state index is -4.43. The van der Waals surface area contributed by atoms with Crippen molar-refractivity contribution in [2.24, 2.45) is 4.99 Å². The van der Waals surface area contributed by atoms with Crippen LogP contribution in [0.15, 0.2) is 40.8 Å². The maximum Gasteiger partial charge on any atom is 0.419 e. The van der Waals surface area contributed by atoms with Gasteiger partial charge in [0.15, 0.2) is 5.96 Å². The van der Waals surface area contributed by atoms with Gasteiger partial charge in [-0.2, -0.15) is 13.2 Å². The molecule has 1 aliphatic rings. The summed E-state index contributed by atoms with van der Waals surface area (Å²) < 4.78 is 39.0. The van der Waals surface area contributed by atoms with Gasteiger partial charge in [-0.3, -0.25) is 4.99 Å². The van der Waals surface area contributed by atoms with Crippen LogP contribution in [0.1, 0.15) is 18.4 Å². The van der Waals surface area contributed by atoms with E-state index in [4.69, 9.17) is 0 Å². The lowest BCUT2D eigenvalue weighted by atomic mass is 10.1. The minimum Gasteiger partial charge on any atom is -0.368 e. The van der Waals surface area contributed by atoms with Crippen LogP contribution in [0.25, 0.3) is 0 Å². The fourth-order valence-corrected chi connectivity index (χ4v) is 4.00. The molecule has 0 spiro atoms. The summed E-state index contributed by atoms with van der Waals surface area (Å²) in [5, 5.41) is 12.7. The number of nitrogens with one attached hydrogen (secondary N) is 3. The van der Waals surface area contributed by atoms with Gasteiger partial charge >= 0.3 is 6.18 Å². The molecule has 0 amide bonds. The maximum absolute atomic E-state index is 13.0. The first-order valence-corrected chi connectivity index (χ1v) is 10.4. The maximum atomic E-state index is 13.0. The molecule has 3 heterocycles. The molecule has 0 saturated carbocycles. The Hall–Kier alpha value is -1.76. The van der Waals surface area contributed by atoms with Crippen molar-refractivity contribution in [3.63, 3.8) is 0 Å². The molecule has 1 saturated heterocycles. The Kier molecular flexibility index (Phi) is 9.46. The molecule has 2 aromatic rings. The lowest BCUT2D eigenvalue weighted by Crippen LogP contribution is -2.49. The van der Waals surface area contributed by atoms with E-state index in [9.17, 15) is 13.2 Å². The number of nitrogens with zero attached hydrogens (tertiary/aromatic N) is 3. The second-order valence-electron chi connectivity index (χ2n) is 6.68. The first-order chi connectivity index (χ1) is 14.0. The molecule has 166 valence electrons. The van der Waals surface area contributed by atoms with Gasteiger partial charge in [-0.1, -0.05) is 0 Å². The molecule has 0 radical (unpaired) electrons. The average molecular weight is 554 g/mol. The van der Waals surface area contributed by atoms with E-state index >= 15 is 0 Å². The van der Waals surface area contributed by atoms with Gasteiger partial charge in [0.25, 0.3) is 0 Å². The van der Waals surface area contributed by atoms with Crippen molar-refractivity contribution in [3.8, 4) is 0 Å². The highest BCUT2D eigenvalue weighted by molar-refractivity contribution is 14.0. The molecule has 1 fully saturated rings. The molecule has 6 nitrogen and oxygen atoms in total. The lowest BCUT2D eigenvalue weighted by Gasteiger charge is -2.33. The number of aliphatic imine (C=N–C) groups is 1. The third-order valence-electron chi connectivity index (χ3n) is 4.70. The van der Waals surface area contributed by atoms with Crippen molar-refractivity contribution in [2.75, 3.05) is 43.4 Å². The van der Waals surface area contributed by atoms with E-state index in [0.29, 0.717) is 18.5 Å². The van der Waals surface area contributed by atoms with Crippen LogP contribution in [0.5, 0.6) is 0 Å². The second kappa shape index (κ2) is 11.6. The fraction of sp³-hybridized carbons (Fsp3) is 0.474. The van der Waals surface area contributed by atoms with Gasteiger partial charge < -0.3 is 20.9 Å². The third-order valence-corrected chi connectivity index (χ3v) is 5.63. The van der Waals surface area contributed by atoms with Crippen molar-refractivity contribution in [1.82, 2.24) is 15.6 Å². The molecule has 1 aliphatic heterocycles. The zero-order valence-electron chi connectivity index (χ0n) is 16.6. The van der Waals surface area contributed by atoms with Crippen LogP contribution in [0.3, 0.4) is 0 Å². The standard InChI is InChI=1S/C19H25F3N6S.HI/c1-23-18(27-14-6-11-28(12-7-14)16-5-3-13-29-16)26-10-9-25-17-15(19(20,21)22)4-2-8-24-17;/h2-5,8,13-14H,6-7,9-12H2,1H3,(H,24,25)(H2,23,26,27);1H. The molecular formula is C19H26F3IN6S. The fourth-order valence-electron chi connectivity index (χ4n) is 3.22. The minimum absolute atomic E-state index is 0.